The van der Waals surface area contributed by atoms with Gasteiger partial charge in [0.2, 0.25) is 0 Å². The Bertz CT molecular complexity index is 914. The van der Waals surface area contributed by atoms with Crippen molar-refractivity contribution in [3.8, 4) is 0 Å². The molecular weight excluding hydrogens is 421 g/mol. The zero-order valence-electron chi connectivity index (χ0n) is 18.6. The number of fused-ring (bicyclic) bond motifs is 1. The first-order valence-electron chi connectivity index (χ1n) is 10.7. The van der Waals surface area contributed by atoms with Crippen LogP contribution in [0.4, 0.5) is 0 Å². The van der Waals surface area contributed by atoms with Gasteiger partial charge in [-0.3, -0.25) is 4.79 Å². The number of pyridine rings is 1. The predicted octanol–water partition coefficient (Wildman–Crippen LogP) is 4.56. The molecule has 2 atom stereocenters. The minimum Gasteiger partial charge on any atom is -0.334 e. The van der Waals surface area contributed by atoms with E-state index in [9.17, 15) is 4.79 Å². The molecule has 2 fully saturated rings. The Morgan fingerprint density at radius 2 is 1.87 bits per heavy atom. The van der Waals surface area contributed by atoms with Gasteiger partial charge in [0.25, 0.3) is 5.91 Å². The van der Waals surface area contributed by atoms with Crippen molar-refractivity contribution in [1.82, 2.24) is 19.7 Å². The Morgan fingerprint density at radius 3 is 2.43 bits per heavy atom. The fraction of sp³-hybridized carbons (Fsp3) is 0.682. The largest absolute Gasteiger partial charge is 0.334 e. The van der Waals surface area contributed by atoms with Crippen molar-refractivity contribution in [2.24, 2.45) is 5.73 Å². The summed E-state index contributed by atoms with van der Waals surface area (Å²) < 4.78 is 1.99. The van der Waals surface area contributed by atoms with Crippen LogP contribution in [0.3, 0.4) is 0 Å². The topological polar surface area (TPSA) is 77.0 Å². The third kappa shape index (κ3) is 4.46. The van der Waals surface area contributed by atoms with Crippen molar-refractivity contribution >= 4 is 41.8 Å². The molecule has 0 spiro atoms. The van der Waals surface area contributed by atoms with E-state index in [0.717, 1.165) is 66.6 Å². The van der Waals surface area contributed by atoms with Crippen LogP contribution >= 0.6 is 24.8 Å². The Balaban J connectivity index is 0.00000160. The number of halogens is 2. The van der Waals surface area contributed by atoms with Crippen molar-refractivity contribution in [3.63, 3.8) is 0 Å². The standard InChI is InChI=1S/C22H33N5O.2ClH/c1-13(23)18-8-6-7-11-26(18)21(28)16-12-17(15-9-10-15)24-20-19(16)14(2)25-27(20)22(3,4)5;;/h12-13,15,18H,6-11,23H2,1-5H3;2*1H. The van der Waals surface area contributed by atoms with Crippen LogP contribution < -0.4 is 5.73 Å². The number of carbonyl (C=O) groups excluding carboxylic acids is 1. The summed E-state index contributed by atoms with van der Waals surface area (Å²) in [5.41, 5.74) is 9.56. The molecule has 3 heterocycles. The second-order valence-corrected chi connectivity index (χ2v) is 9.66. The SMILES string of the molecule is Cc1nn(C(C)(C)C)c2nc(C3CC3)cc(C(=O)N3CCCCC3C(C)N)c12.Cl.Cl. The highest BCUT2D eigenvalue weighted by atomic mass is 35.5. The van der Waals surface area contributed by atoms with Crippen LogP contribution in [0.15, 0.2) is 6.07 Å². The van der Waals surface area contributed by atoms with Crippen molar-refractivity contribution in [2.45, 2.75) is 90.3 Å². The first-order chi connectivity index (χ1) is 13.2. The summed E-state index contributed by atoms with van der Waals surface area (Å²) >= 11 is 0. The quantitative estimate of drug-likeness (QED) is 0.735. The van der Waals surface area contributed by atoms with Gasteiger partial charge < -0.3 is 10.6 Å². The number of carbonyl (C=O) groups is 1. The van der Waals surface area contributed by atoms with Crippen LogP contribution in [0.2, 0.25) is 0 Å². The zero-order valence-corrected chi connectivity index (χ0v) is 20.3. The van der Waals surface area contributed by atoms with Gasteiger partial charge in [0, 0.05) is 30.2 Å². The number of likely N-dealkylation sites (tertiary alicyclic amines) is 1. The van der Waals surface area contributed by atoms with E-state index >= 15 is 0 Å². The average Bonchev–Trinajstić information content (AvgIpc) is 3.43. The molecule has 1 saturated carbocycles. The molecule has 1 saturated heterocycles. The lowest BCUT2D eigenvalue weighted by molar-refractivity contribution is 0.0585. The Kier molecular flexibility index (Phi) is 7.48. The summed E-state index contributed by atoms with van der Waals surface area (Å²) in [6, 6.07) is 2.12. The van der Waals surface area contributed by atoms with Gasteiger partial charge in [0.05, 0.1) is 22.2 Å². The first kappa shape index (κ1) is 24.9. The summed E-state index contributed by atoms with van der Waals surface area (Å²) in [5.74, 6) is 0.568. The normalized spacial score (nSPS) is 20.5. The lowest BCUT2D eigenvalue weighted by atomic mass is 9.95. The van der Waals surface area contributed by atoms with E-state index in [2.05, 4.69) is 20.8 Å². The third-order valence-corrected chi connectivity index (χ3v) is 6.11. The number of hydrogen-bond acceptors (Lipinski definition) is 4. The molecule has 0 bridgehead atoms. The van der Waals surface area contributed by atoms with Crippen LogP contribution in [0.25, 0.3) is 11.0 Å². The van der Waals surface area contributed by atoms with Gasteiger partial charge >= 0.3 is 0 Å². The molecule has 2 aromatic heterocycles. The monoisotopic (exact) mass is 455 g/mol. The Labute approximate surface area is 191 Å². The number of rotatable bonds is 3. The molecule has 2 unspecified atom stereocenters. The predicted molar refractivity (Wildman–Crippen MR) is 126 cm³/mol. The van der Waals surface area contributed by atoms with E-state index in [0.29, 0.717) is 5.92 Å². The molecule has 168 valence electrons. The molecule has 2 aromatic rings. The number of piperidine rings is 1. The maximum absolute atomic E-state index is 13.7. The van der Waals surface area contributed by atoms with Gasteiger partial charge in [-0.1, -0.05) is 0 Å². The summed E-state index contributed by atoms with van der Waals surface area (Å²) in [7, 11) is 0. The van der Waals surface area contributed by atoms with Crippen LogP contribution in [0.1, 0.15) is 87.5 Å². The van der Waals surface area contributed by atoms with Crippen LogP contribution in [-0.4, -0.2) is 44.2 Å². The molecule has 0 aromatic carbocycles. The molecule has 6 nitrogen and oxygen atoms in total. The highest BCUT2D eigenvalue weighted by molar-refractivity contribution is 6.06. The summed E-state index contributed by atoms with van der Waals surface area (Å²) in [5, 5.41) is 5.68. The number of hydrogen-bond donors (Lipinski definition) is 1. The molecule has 1 aliphatic carbocycles. The molecule has 4 rings (SSSR count). The van der Waals surface area contributed by atoms with E-state index in [1.165, 1.54) is 0 Å². The van der Waals surface area contributed by atoms with E-state index in [1.54, 1.807) is 0 Å². The fourth-order valence-electron chi connectivity index (χ4n) is 4.44. The van der Waals surface area contributed by atoms with Gasteiger partial charge in [-0.15, -0.1) is 24.8 Å². The van der Waals surface area contributed by atoms with Crippen LogP contribution in [0.5, 0.6) is 0 Å². The van der Waals surface area contributed by atoms with Crippen LogP contribution in [0, 0.1) is 6.92 Å². The van der Waals surface area contributed by atoms with Gasteiger partial charge in [0.15, 0.2) is 5.65 Å². The summed E-state index contributed by atoms with van der Waals surface area (Å²) in [6.07, 6.45) is 5.46. The van der Waals surface area contributed by atoms with Gasteiger partial charge in [-0.05, 0) is 72.8 Å². The van der Waals surface area contributed by atoms with E-state index < -0.39 is 0 Å². The number of nitrogens with two attached hydrogens (primary N) is 1. The average molecular weight is 456 g/mol. The minimum atomic E-state index is -0.193. The van der Waals surface area contributed by atoms with Crippen molar-refractivity contribution in [1.29, 1.82) is 0 Å². The van der Waals surface area contributed by atoms with Gasteiger partial charge in [0.1, 0.15) is 0 Å². The molecule has 30 heavy (non-hydrogen) atoms. The Hall–Kier alpha value is -1.37. The molecule has 2 aliphatic rings. The molecule has 1 aliphatic heterocycles. The Morgan fingerprint density at radius 1 is 1.20 bits per heavy atom. The molecule has 8 heteroatoms. The minimum absolute atomic E-state index is 0. The van der Waals surface area contributed by atoms with Crippen LogP contribution in [-0.2, 0) is 5.54 Å². The number of aryl methyl sites for hydroxylation is 1. The summed E-state index contributed by atoms with van der Waals surface area (Å²) in [4.78, 5) is 20.7. The smallest absolute Gasteiger partial charge is 0.255 e. The highest BCUT2D eigenvalue weighted by Gasteiger charge is 2.34. The second-order valence-electron chi connectivity index (χ2n) is 9.66. The van der Waals surface area contributed by atoms with Crippen molar-refractivity contribution in [2.75, 3.05) is 6.54 Å². The second kappa shape index (κ2) is 9.01. The maximum atomic E-state index is 13.7. The number of nitrogens with zero attached hydrogens (tertiary/aromatic N) is 4. The first-order valence-corrected chi connectivity index (χ1v) is 10.7. The van der Waals surface area contributed by atoms with E-state index in [1.807, 2.05) is 29.5 Å². The maximum Gasteiger partial charge on any atom is 0.255 e. The molecule has 1 amide bonds. The fourth-order valence-corrected chi connectivity index (χ4v) is 4.44. The van der Waals surface area contributed by atoms with Crippen molar-refractivity contribution < 1.29 is 4.79 Å². The lowest BCUT2D eigenvalue weighted by Gasteiger charge is -2.38. The lowest BCUT2D eigenvalue weighted by Crippen LogP contribution is -2.51. The molecule has 0 radical (unpaired) electrons. The highest BCUT2D eigenvalue weighted by Crippen LogP contribution is 2.41. The van der Waals surface area contributed by atoms with E-state index in [-0.39, 0.29) is 48.3 Å². The number of aromatic nitrogens is 3. The van der Waals surface area contributed by atoms with Crippen molar-refractivity contribution in [3.05, 3.63) is 23.0 Å². The zero-order chi connectivity index (χ0) is 20.2. The molecule has 2 N–H and O–H groups in total. The molecular formula is C22H35Cl2N5O. The van der Waals surface area contributed by atoms with Gasteiger partial charge in [-0.2, -0.15) is 5.10 Å². The number of amides is 1. The van der Waals surface area contributed by atoms with Gasteiger partial charge in [-0.25, -0.2) is 9.67 Å². The third-order valence-electron chi connectivity index (χ3n) is 6.11. The summed E-state index contributed by atoms with van der Waals surface area (Å²) in [6.45, 7) is 11.2. The van der Waals surface area contributed by atoms with E-state index in [4.69, 9.17) is 15.8 Å².